The summed E-state index contributed by atoms with van der Waals surface area (Å²) in [6.07, 6.45) is 0.845. The highest BCUT2D eigenvalue weighted by atomic mass is 16.4. The van der Waals surface area contributed by atoms with Crippen LogP contribution in [0.4, 0.5) is 0 Å². The topological polar surface area (TPSA) is 57.5 Å². The molecular formula is C9H18O3. The molecule has 0 aromatic heterocycles. The maximum atomic E-state index is 10.6. The molecule has 0 amide bonds. The number of aliphatic hydroxyl groups is 1. The molecule has 3 nitrogen and oxygen atoms in total. The van der Waals surface area contributed by atoms with Gasteiger partial charge in [-0.15, -0.1) is 0 Å². The molecule has 0 rings (SSSR count). The molecule has 0 spiro atoms. The summed E-state index contributed by atoms with van der Waals surface area (Å²) in [5.41, 5.74) is 0. The summed E-state index contributed by atoms with van der Waals surface area (Å²) in [5, 5.41) is 17.5. The van der Waals surface area contributed by atoms with E-state index in [1.165, 1.54) is 0 Å². The summed E-state index contributed by atoms with van der Waals surface area (Å²) < 4.78 is 0. The van der Waals surface area contributed by atoms with E-state index in [-0.39, 0.29) is 12.5 Å². The predicted octanol–water partition coefficient (Wildman–Crippen LogP) is 1.36. The van der Waals surface area contributed by atoms with Gasteiger partial charge >= 0.3 is 5.97 Å². The van der Waals surface area contributed by atoms with Crippen LogP contribution in [0.15, 0.2) is 0 Å². The molecule has 0 heterocycles. The van der Waals surface area contributed by atoms with Crippen molar-refractivity contribution in [2.24, 2.45) is 17.8 Å². The van der Waals surface area contributed by atoms with E-state index in [0.717, 1.165) is 6.42 Å². The molecule has 72 valence electrons. The Morgan fingerprint density at radius 2 is 1.83 bits per heavy atom. The van der Waals surface area contributed by atoms with E-state index in [9.17, 15) is 4.79 Å². The van der Waals surface area contributed by atoms with Crippen LogP contribution in [0.3, 0.4) is 0 Å². The third kappa shape index (κ3) is 3.72. The number of carboxylic acid groups (broad SMARTS) is 1. The molecule has 2 N–H and O–H groups in total. The van der Waals surface area contributed by atoms with E-state index in [0.29, 0.717) is 5.92 Å². The summed E-state index contributed by atoms with van der Waals surface area (Å²) >= 11 is 0. The van der Waals surface area contributed by atoms with Gasteiger partial charge in [-0.05, 0) is 18.3 Å². The Morgan fingerprint density at radius 3 is 2.08 bits per heavy atom. The van der Waals surface area contributed by atoms with Gasteiger partial charge in [-0.1, -0.05) is 20.8 Å². The van der Waals surface area contributed by atoms with E-state index in [1.807, 2.05) is 20.8 Å². The number of carboxylic acids is 1. The molecule has 0 aromatic rings. The molecule has 0 aliphatic rings. The number of rotatable bonds is 5. The van der Waals surface area contributed by atoms with Crippen LogP contribution in [0.25, 0.3) is 0 Å². The van der Waals surface area contributed by atoms with Crippen LogP contribution in [0.1, 0.15) is 27.2 Å². The fourth-order valence-electron chi connectivity index (χ4n) is 1.41. The minimum absolute atomic E-state index is 0.0486. The van der Waals surface area contributed by atoms with Gasteiger partial charge in [0.2, 0.25) is 0 Å². The lowest BCUT2D eigenvalue weighted by Gasteiger charge is -2.19. The van der Waals surface area contributed by atoms with Gasteiger partial charge in [0.15, 0.2) is 0 Å². The van der Waals surface area contributed by atoms with Crippen molar-refractivity contribution in [1.29, 1.82) is 0 Å². The van der Waals surface area contributed by atoms with E-state index < -0.39 is 11.9 Å². The summed E-state index contributed by atoms with van der Waals surface area (Å²) in [5.74, 6) is -0.973. The van der Waals surface area contributed by atoms with E-state index in [1.54, 1.807) is 0 Å². The maximum absolute atomic E-state index is 10.6. The Morgan fingerprint density at radius 1 is 1.33 bits per heavy atom. The van der Waals surface area contributed by atoms with Gasteiger partial charge in [-0.2, -0.15) is 0 Å². The van der Waals surface area contributed by atoms with Gasteiger partial charge in [-0.25, -0.2) is 0 Å². The summed E-state index contributed by atoms with van der Waals surface area (Å²) in [7, 11) is 0. The Bertz CT molecular complexity index is 143. The molecule has 12 heavy (non-hydrogen) atoms. The zero-order valence-corrected chi connectivity index (χ0v) is 7.95. The van der Waals surface area contributed by atoms with Gasteiger partial charge in [0.25, 0.3) is 0 Å². The smallest absolute Gasteiger partial charge is 0.309 e. The zero-order valence-electron chi connectivity index (χ0n) is 7.95. The molecular weight excluding hydrogens is 156 g/mol. The van der Waals surface area contributed by atoms with Crippen molar-refractivity contribution in [3.8, 4) is 0 Å². The highest BCUT2D eigenvalue weighted by molar-refractivity contribution is 5.70. The molecule has 0 aromatic carbocycles. The second-order valence-corrected chi connectivity index (χ2v) is 3.73. The van der Waals surface area contributed by atoms with E-state index in [4.69, 9.17) is 10.2 Å². The first-order valence-electron chi connectivity index (χ1n) is 4.32. The van der Waals surface area contributed by atoms with Crippen molar-refractivity contribution in [1.82, 2.24) is 0 Å². The maximum Gasteiger partial charge on any atom is 0.309 e. The minimum Gasteiger partial charge on any atom is -0.481 e. The summed E-state index contributed by atoms with van der Waals surface area (Å²) in [6.45, 7) is 5.71. The molecule has 0 saturated heterocycles. The van der Waals surface area contributed by atoms with Crippen molar-refractivity contribution in [3.63, 3.8) is 0 Å². The van der Waals surface area contributed by atoms with Crippen LogP contribution < -0.4 is 0 Å². The third-order valence-electron chi connectivity index (χ3n) is 2.04. The van der Waals surface area contributed by atoms with Crippen LogP contribution in [0.2, 0.25) is 0 Å². The lowest BCUT2D eigenvalue weighted by atomic mass is 9.87. The Hall–Kier alpha value is -0.570. The van der Waals surface area contributed by atoms with Gasteiger partial charge in [0, 0.05) is 0 Å². The molecule has 0 aliphatic heterocycles. The average molecular weight is 174 g/mol. The monoisotopic (exact) mass is 174 g/mol. The summed E-state index contributed by atoms with van der Waals surface area (Å²) in [6, 6.07) is 0. The zero-order chi connectivity index (χ0) is 9.72. The van der Waals surface area contributed by atoms with Crippen LogP contribution in [0, 0.1) is 17.8 Å². The number of carbonyl (C=O) groups is 1. The molecule has 0 fully saturated rings. The number of aliphatic carboxylic acids is 1. The number of aliphatic hydroxyl groups excluding tert-OH is 1. The highest BCUT2D eigenvalue weighted by Crippen LogP contribution is 2.19. The predicted molar refractivity (Wildman–Crippen MR) is 46.8 cm³/mol. The first kappa shape index (κ1) is 11.4. The standard InChI is InChI=1S/C9H18O3/c1-6(2)4-7(3)8(5-10)9(11)12/h6-8,10H,4-5H2,1-3H3,(H,11,12)/t7-,8?/m1/s1. The second-order valence-electron chi connectivity index (χ2n) is 3.73. The van der Waals surface area contributed by atoms with Crippen LogP contribution in [-0.4, -0.2) is 22.8 Å². The fourth-order valence-corrected chi connectivity index (χ4v) is 1.41. The number of hydrogen-bond donors (Lipinski definition) is 2. The minimum atomic E-state index is -0.898. The van der Waals surface area contributed by atoms with E-state index >= 15 is 0 Å². The van der Waals surface area contributed by atoms with Gasteiger partial charge in [0.1, 0.15) is 0 Å². The quantitative estimate of drug-likeness (QED) is 0.661. The summed E-state index contributed by atoms with van der Waals surface area (Å²) in [4.78, 5) is 10.6. The first-order valence-corrected chi connectivity index (χ1v) is 4.32. The molecule has 1 unspecified atom stereocenters. The third-order valence-corrected chi connectivity index (χ3v) is 2.04. The first-order chi connectivity index (χ1) is 5.49. The SMILES string of the molecule is CC(C)C[C@@H](C)C(CO)C(=O)O. The molecule has 3 heteroatoms. The van der Waals surface area contributed by atoms with E-state index in [2.05, 4.69) is 0 Å². The van der Waals surface area contributed by atoms with Crippen LogP contribution in [0.5, 0.6) is 0 Å². The lowest BCUT2D eigenvalue weighted by Crippen LogP contribution is -2.26. The largest absolute Gasteiger partial charge is 0.481 e. The Balaban J connectivity index is 4.02. The van der Waals surface area contributed by atoms with Crippen molar-refractivity contribution in [2.75, 3.05) is 6.61 Å². The average Bonchev–Trinajstić information content (AvgIpc) is 1.85. The molecule has 2 atom stereocenters. The Labute approximate surface area is 73.4 Å². The van der Waals surface area contributed by atoms with Crippen molar-refractivity contribution >= 4 is 5.97 Å². The van der Waals surface area contributed by atoms with Crippen molar-refractivity contribution < 1.29 is 15.0 Å². The van der Waals surface area contributed by atoms with Crippen LogP contribution >= 0.6 is 0 Å². The normalized spacial score (nSPS) is 16.1. The van der Waals surface area contributed by atoms with Crippen LogP contribution in [-0.2, 0) is 4.79 Å². The lowest BCUT2D eigenvalue weighted by molar-refractivity contribution is -0.145. The van der Waals surface area contributed by atoms with Crippen molar-refractivity contribution in [2.45, 2.75) is 27.2 Å². The van der Waals surface area contributed by atoms with Crippen molar-refractivity contribution in [3.05, 3.63) is 0 Å². The number of hydrogen-bond acceptors (Lipinski definition) is 2. The van der Waals surface area contributed by atoms with Gasteiger partial charge in [-0.3, -0.25) is 4.79 Å². The molecule has 0 aliphatic carbocycles. The highest BCUT2D eigenvalue weighted by Gasteiger charge is 2.23. The fraction of sp³-hybridized carbons (Fsp3) is 0.889. The molecule has 0 bridgehead atoms. The second kappa shape index (κ2) is 5.14. The van der Waals surface area contributed by atoms with Gasteiger partial charge in [0.05, 0.1) is 12.5 Å². The van der Waals surface area contributed by atoms with Gasteiger partial charge < -0.3 is 10.2 Å². The molecule has 0 radical (unpaired) electrons. The molecule has 0 saturated carbocycles. The Kier molecular flexibility index (Phi) is 4.90.